The summed E-state index contributed by atoms with van der Waals surface area (Å²) in [7, 11) is 4.04. The number of guanidine groups is 1. The Morgan fingerprint density at radius 2 is 1.87 bits per heavy atom. The predicted molar refractivity (Wildman–Crippen MR) is 140 cm³/mol. The van der Waals surface area contributed by atoms with Gasteiger partial charge in [0.25, 0.3) is 6.43 Å². The number of rotatable bonds is 8. The highest BCUT2D eigenvalue weighted by molar-refractivity contribution is 5.93. The SMILES string of the molecule is CN(C)CCCNC1=NCC(N)(c2nc(N3CCOCC3)nc(-n3c(C(F)F)nc4ccccc43)n2)C=N1. The maximum Gasteiger partial charge on any atom is 0.296 e. The van der Waals surface area contributed by atoms with Crippen molar-refractivity contribution in [2.24, 2.45) is 15.7 Å². The number of ether oxygens (including phenoxy) is 1. The molecular weight excluding hydrogens is 496 g/mol. The number of aromatic nitrogens is 5. The zero-order chi connectivity index (χ0) is 26.7. The number of alkyl halides is 2. The number of nitrogens with two attached hydrogens (primary N) is 1. The summed E-state index contributed by atoms with van der Waals surface area (Å²) in [6, 6.07) is 6.86. The van der Waals surface area contributed by atoms with E-state index in [9.17, 15) is 8.78 Å². The number of hydrogen-bond donors (Lipinski definition) is 2. The summed E-state index contributed by atoms with van der Waals surface area (Å²) in [5.41, 5.74) is 6.32. The first-order valence-electron chi connectivity index (χ1n) is 12.5. The highest BCUT2D eigenvalue weighted by atomic mass is 19.3. The number of para-hydroxylation sites is 2. The Morgan fingerprint density at radius 3 is 2.58 bits per heavy atom. The number of benzene rings is 1. The van der Waals surface area contributed by atoms with Crippen molar-refractivity contribution in [3.05, 3.63) is 35.9 Å². The molecule has 0 bridgehead atoms. The molecule has 5 rings (SSSR count). The number of imidazole rings is 1. The molecule has 1 saturated heterocycles. The second-order valence-electron chi connectivity index (χ2n) is 9.48. The zero-order valence-corrected chi connectivity index (χ0v) is 21.4. The largest absolute Gasteiger partial charge is 0.378 e. The molecule has 0 radical (unpaired) electrons. The normalized spacial score (nSPS) is 20.0. The Balaban J connectivity index is 1.51. The topological polar surface area (TPSA) is 135 Å². The Morgan fingerprint density at radius 1 is 1.11 bits per heavy atom. The van der Waals surface area contributed by atoms with Crippen LogP contribution in [-0.2, 0) is 10.3 Å². The van der Waals surface area contributed by atoms with Crippen molar-refractivity contribution in [3.8, 4) is 5.95 Å². The van der Waals surface area contributed by atoms with E-state index in [1.807, 2.05) is 19.0 Å². The predicted octanol–water partition coefficient (Wildman–Crippen LogP) is 1.12. The van der Waals surface area contributed by atoms with Gasteiger partial charge in [0.15, 0.2) is 11.6 Å². The second-order valence-corrected chi connectivity index (χ2v) is 9.48. The molecule has 2 aliphatic rings. The second kappa shape index (κ2) is 11.0. The van der Waals surface area contributed by atoms with Gasteiger partial charge in [-0.3, -0.25) is 4.57 Å². The molecule has 3 N–H and O–H groups in total. The summed E-state index contributed by atoms with van der Waals surface area (Å²) in [5.74, 6) is 0.535. The fourth-order valence-corrected chi connectivity index (χ4v) is 4.26. The van der Waals surface area contributed by atoms with E-state index in [1.165, 1.54) is 4.57 Å². The molecule has 0 amide bonds. The fourth-order valence-electron chi connectivity index (χ4n) is 4.26. The molecule has 2 aliphatic heterocycles. The number of hydrogen-bond acceptors (Lipinski definition) is 11. The third-order valence-electron chi connectivity index (χ3n) is 6.28. The van der Waals surface area contributed by atoms with Crippen LogP contribution in [0.4, 0.5) is 14.7 Å². The van der Waals surface area contributed by atoms with Crippen molar-refractivity contribution in [1.29, 1.82) is 0 Å². The molecule has 0 spiro atoms. The van der Waals surface area contributed by atoms with Gasteiger partial charge in [0.1, 0.15) is 5.54 Å². The zero-order valence-electron chi connectivity index (χ0n) is 21.4. The fraction of sp³-hybridized carbons (Fsp3) is 0.500. The summed E-state index contributed by atoms with van der Waals surface area (Å²) in [6.07, 6.45) is -0.361. The van der Waals surface area contributed by atoms with Crippen molar-refractivity contribution in [3.63, 3.8) is 0 Å². The van der Waals surface area contributed by atoms with Gasteiger partial charge in [-0.25, -0.2) is 23.7 Å². The minimum Gasteiger partial charge on any atom is -0.378 e. The van der Waals surface area contributed by atoms with E-state index < -0.39 is 17.8 Å². The van der Waals surface area contributed by atoms with E-state index in [0.717, 1.165) is 13.0 Å². The smallest absolute Gasteiger partial charge is 0.296 e. The Hall–Kier alpha value is -3.62. The van der Waals surface area contributed by atoms with Crippen LogP contribution < -0.4 is 16.0 Å². The molecule has 1 aromatic carbocycles. The Labute approximate surface area is 218 Å². The first kappa shape index (κ1) is 26.0. The van der Waals surface area contributed by atoms with Gasteiger partial charge in [-0.2, -0.15) is 15.0 Å². The highest BCUT2D eigenvalue weighted by Gasteiger charge is 2.34. The number of halogens is 2. The van der Waals surface area contributed by atoms with Gasteiger partial charge in [-0.05, 0) is 39.2 Å². The average molecular weight is 528 g/mol. The van der Waals surface area contributed by atoms with E-state index in [2.05, 4.69) is 40.1 Å². The lowest BCUT2D eigenvalue weighted by Gasteiger charge is -2.29. The van der Waals surface area contributed by atoms with Gasteiger partial charge in [0, 0.05) is 25.8 Å². The Kier molecular flexibility index (Phi) is 7.53. The van der Waals surface area contributed by atoms with Crippen LogP contribution in [0.2, 0.25) is 0 Å². The number of nitrogens with one attached hydrogen (secondary N) is 1. The van der Waals surface area contributed by atoms with E-state index in [0.29, 0.717) is 55.8 Å². The van der Waals surface area contributed by atoms with Gasteiger partial charge in [0.05, 0.1) is 30.8 Å². The van der Waals surface area contributed by atoms with E-state index in [1.54, 1.807) is 30.5 Å². The van der Waals surface area contributed by atoms with Crippen LogP contribution in [0.5, 0.6) is 0 Å². The number of anilines is 1. The highest BCUT2D eigenvalue weighted by Crippen LogP contribution is 2.28. The lowest BCUT2D eigenvalue weighted by Crippen LogP contribution is -2.47. The van der Waals surface area contributed by atoms with Crippen LogP contribution >= 0.6 is 0 Å². The van der Waals surface area contributed by atoms with Crippen LogP contribution in [0, 0.1) is 0 Å². The monoisotopic (exact) mass is 527 g/mol. The lowest BCUT2D eigenvalue weighted by atomic mass is 10.0. The quantitative estimate of drug-likeness (QED) is 0.413. The summed E-state index contributed by atoms with van der Waals surface area (Å²) >= 11 is 0. The minimum atomic E-state index is -2.84. The molecule has 12 nitrogen and oxygen atoms in total. The molecule has 0 aliphatic carbocycles. The molecule has 0 saturated carbocycles. The van der Waals surface area contributed by atoms with Crippen LogP contribution in [0.3, 0.4) is 0 Å². The minimum absolute atomic E-state index is 0.00954. The van der Waals surface area contributed by atoms with Crippen molar-refractivity contribution in [1.82, 2.24) is 34.7 Å². The molecule has 38 heavy (non-hydrogen) atoms. The first-order valence-corrected chi connectivity index (χ1v) is 12.5. The van der Waals surface area contributed by atoms with Gasteiger partial charge in [-0.1, -0.05) is 12.1 Å². The standard InChI is InChI=1S/C24H31F2N11O/c1-35(2)9-5-8-28-21-29-14-24(27,15-30-21)20-32-22(36-10-12-38-13-11-36)34-23(33-20)37-17-7-4-3-6-16(17)31-19(37)18(25)26/h3-4,6-7,14,18H,5,8-13,15,27H2,1-2H3,(H,28,30). The van der Waals surface area contributed by atoms with Crippen molar-refractivity contribution in [2.45, 2.75) is 18.4 Å². The summed E-state index contributed by atoms with van der Waals surface area (Å²) in [6.45, 7) is 3.86. The number of fused-ring (bicyclic) bond motifs is 1. The van der Waals surface area contributed by atoms with Crippen LogP contribution in [-0.4, -0.2) is 102 Å². The van der Waals surface area contributed by atoms with Crippen molar-refractivity contribution >= 4 is 29.2 Å². The Bertz CT molecular complexity index is 1340. The van der Waals surface area contributed by atoms with Gasteiger partial charge in [-0.15, -0.1) is 0 Å². The summed E-state index contributed by atoms with van der Waals surface area (Å²) in [4.78, 5) is 30.9. The number of nitrogens with zero attached hydrogens (tertiary/aromatic N) is 9. The summed E-state index contributed by atoms with van der Waals surface area (Å²) in [5, 5.41) is 3.20. The van der Waals surface area contributed by atoms with Crippen LogP contribution in [0.15, 0.2) is 34.3 Å². The van der Waals surface area contributed by atoms with Crippen LogP contribution in [0.25, 0.3) is 17.0 Å². The van der Waals surface area contributed by atoms with Crippen molar-refractivity contribution < 1.29 is 13.5 Å². The number of morpholine rings is 1. The van der Waals surface area contributed by atoms with E-state index >= 15 is 0 Å². The molecule has 1 atom stereocenters. The maximum absolute atomic E-state index is 14.1. The van der Waals surface area contributed by atoms with E-state index in [-0.39, 0.29) is 18.3 Å². The molecule has 1 unspecified atom stereocenters. The third-order valence-corrected chi connectivity index (χ3v) is 6.28. The van der Waals surface area contributed by atoms with Gasteiger partial charge < -0.3 is 25.6 Å². The molecule has 1 fully saturated rings. The lowest BCUT2D eigenvalue weighted by molar-refractivity contribution is 0.122. The molecular formula is C24H31F2N11O. The van der Waals surface area contributed by atoms with Gasteiger partial charge in [0.2, 0.25) is 17.9 Å². The molecule has 3 aromatic rings. The van der Waals surface area contributed by atoms with Crippen molar-refractivity contribution in [2.75, 3.05) is 64.9 Å². The van der Waals surface area contributed by atoms with Crippen LogP contribution in [0.1, 0.15) is 24.5 Å². The molecule has 2 aromatic heterocycles. The first-order chi connectivity index (χ1) is 18.3. The molecule has 14 heteroatoms. The maximum atomic E-state index is 14.1. The van der Waals surface area contributed by atoms with E-state index in [4.69, 9.17) is 10.5 Å². The third kappa shape index (κ3) is 5.47. The molecule has 202 valence electrons. The van der Waals surface area contributed by atoms with Gasteiger partial charge >= 0.3 is 0 Å². The summed E-state index contributed by atoms with van der Waals surface area (Å²) < 4.78 is 34.9. The number of aliphatic imine (C=N–C) groups is 2. The molecule has 4 heterocycles. The average Bonchev–Trinajstić information content (AvgIpc) is 3.32.